The first-order chi connectivity index (χ1) is 9.05. The molecule has 106 valence electrons. The molecule has 1 heterocycles. The summed E-state index contributed by atoms with van der Waals surface area (Å²) in [5.74, 6) is 1.60. The van der Waals surface area contributed by atoms with E-state index in [2.05, 4.69) is 19.2 Å². The number of hydrogen-bond acceptors (Lipinski definition) is 4. The molecule has 1 fully saturated rings. The lowest BCUT2D eigenvalue weighted by Gasteiger charge is -2.23. The average molecular weight is 265 g/mol. The standard InChI is InChI=1S/C15H23NO3/c1-15(2)7-8-19-14(10-16-15)12-6-5-11(17-3)9-13(12)18-4/h5-6,9,14,16H,7-8,10H2,1-4H3. The number of nitrogens with one attached hydrogen (secondary N) is 1. The van der Waals surface area contributed by atoms with Crippen LogP contribution in [-0.4, -0.2) is 32.9 Å². The maximum atomic E-state index is 5.96. The fourth-order valence-electron chi connectivity index (χ4n) is 2.26. The summed E-state index contributed by atoms with van der Waals surface area (Å²) in [5.41, 5.74) is 1.18. The summed E-state index contributed by atoms with van der Waals surface area (Å²) in [4.78, 5) is 0. The van der Waals surface area contributed by atoms with Crippen molar-refractivity contribution in [2.24, 2.45) is 0 Å². The van der Waals surface area contributed by atoms with Crippen molar-refractivity contribution in [2.45, 2.75) is 31.9 Å². The number of hydrogen-bond donors (Lipinski definition) is 1. The van der Waals surface area contributed by atoms with Crippen molar-refractivity contribution in [3.8, 4) is 11.5 Å². The van der Waals surface area contributed by atoms with Crippen LogP contribution < -0.4 is 14.8 Å². The van der Waals surface area contributed by atoms with E-state index >= 15 is 0 Å². The zero-order valence-electron chi connectivity index (χ0n) is 12.2. The van der Waals surface area contributed by atoms with Gasteiger partial charge in [-0.05, 0) is 32.4 Å². The van der Waals surface area contributed by atoms with Gasteiger partial charge in [-0.1, -0.05) is 0 Å². The molecule has 1 N–H and O–H groups in total. The predicted molar refractivity (Wildman–Crippen MR) is 74.9 cm³/mol. The van der Waals surface area contributed by atoms with E-state index in [1.54, 1.807) is 14.2 Å². The van der Waals surface area contributed by atoms with Crippen molar-refractivity contribution in [1.29, 1.82) is 0 Å². The monoisotopic (exact) mass is 265 g/mol. The minimum atomic E-state index is 0.0163. The summed E-state index contributed by atoms with van der Waals surface area (Å²) in [6, 6.07) is 5.86. The molecule has 1 unspecified atom stereocenters. The van der Waals surface area contributed by atoms with Crippen molar-refractivity contribution in [2.75, 3.05) is 27.4 Å². The lowest BCUT2D eigenvalue weighted by atomic mass is 10.0. The van der Waals surface area contributed by atoms with Crippen LogP contribution in [0.15, 0.2) is 18.2 Å². The Hall–Kier alpha value is -1.26. The molecule has 0 bridgehead atoms. The highest BCUT2D eigenvalue weighted by Gasteiger charge is 2.26. The Labute approximate surface area is 115 Å². The molecule has 1 aliphatic rings. The first kappa shape index (κ1) is 14.2. The van der Waals surface area contributed by atoms with Gasteiger partial charge in [0.15, 0.2) is 0 Å². The van der Waals surface area contributed by atoms with E-state index in [0.29, 0.717) is 0 Å². The van der Waals surface area contributed by atoms with Gasteiger partial charge in [0.05, 0.1) is 20.3 Å². The first-order valence-corrected chi connectivity index (χ1v) is 6.64. The molecule has 0 amide bonds. The Morgan fingerprint density at radius 3 is 2.74 bits per heavy atom. The Morgan fingerprint density at radius 1 is 1.26 bits per heavy atom. The van der Waals surface area contributed by atoms with Gasteiger partial charge >= 0.3 is 0 Å². The molecule has 0 aromatic heterocycles. The van der Waals surface area contributed by atoms with Crippen LogP contribution in [0.4, 0.5) is 0 Å². The molecule has 19 heavy (non-hydrogen) atoms. The molecule has 4 heteroatoms. The number of ether oxygens (including phenoxy) is 3. The second kappa shape index (κ2) is 5.80. The van der Waals surface area contributed by atoms with Crippen molar-refractivity contribution in [3.63, 3.8) is 0 Å². The summed E-state index contributed by atoms with van der Waals surface area (Å²) in [6.45, 7) is 5.93. The summed E-state index contributed by atoms with van der Waals surface area (Å²) in [7, 11) is 3.33. The molecule has 4 nitrogen and oxygen atoms in total. The third-order valence-electron chi connectivity index (χ3n) is 3.60. The zero-order valence-corrected chi connectivity index (χ0v) is 12.2. The second-order valence-corrected chi connectivity index (χ2v) is 5.48. The number of benzene rings is 1. The Balaban J connectivity index is 2.21. The van der Waals surface area contributed by atoms with Crippen LogP contribution in [0.1, 0.15) is 31.9 Å². The van der Waals surface area contributed by atoms with Crippen LogP contribution in [0.3, 0.4) is 0 Å². The fourth-order valence-corrected chi connectivity index (χ4v) is 2.26. The molecular weight excluding hydrogens is 242 g/mol. The van der Waals surface area contributed by atoms with Gasteiger partial charge in [0, 0.05) is 30.3 Å². The van der Waals surface area contributed by atoms with Crippen LogP contribution in [0.5, 0.6) is 11.5 Å². The van der Waals surface area contributed by atoms with Crippen LogP contribution in [0.2, 0.25) is 0 Å². The highest BCUT2D eigenvalue weighted by molar-refractivity contribution is 5.42. The minimum Gasteiger partial charge on any atom is -0.497 e. The van der Waals surface area contributed by atoms with Gasteiger partial charge in [0.2, 0.25) is 0 Å². The van der Waals surface area contributed by atoms with Gasteiger partial charge in [0.1, 0.15) is 11.5 Å². The van der Waals surface area contributed by atoms with Crippen LogP contribution in [-0.2, 0) is 4.74 Å². The second-order valence-electron chi connectivity index (χ2n) is 5.48. The van der Waals surface area contributed by atoms with E-state index in [0.717, 1.165) is 36.6 Å². The van der Waals surface area contributed by atoms with Gasteiger partial charge < -0.3 is 19.5 Å². The first-order valence-electron chi connectivity index (χ1n) is 6.64. The zero-order chi connectivity index (χ0) is 13.9. The molecule has 0 aliphatic carbocycles. The third-order valence-corrected chi connectivity index (χ3v) is 3.60. The van der Waals surface area contributed by atoms with Gasteiger partial charge in [-0.25, -0.2) is 0 Å². The minimum absolute atomic E-state index is 0.0163. The van der Waals surface area contributed by atoms with Gasteiger partial charge in [-0.3, -0.25) is 0 Å². The summed E-state index contributed by atoms with van der Waals surface area (Å²) in [5, 5.41) is 3.54. The van der Waals surface area contributed by atoms with E-state index in [1.807, 2.05) is 18.2 Å². The Bertz CT molecular complexity index is 431. The highest BCUT2D eigenvalue weighted by Crippen LogP contribution is 2.32. The van der Waals surface area contributed by atoms with Gasteiger partial charge in [-0.15, -0.1) is 0 Å². The quantitative estimate of drug-likeness (QED) is 0.911. The van der Waals surface area contributed by atoms with E-state index in [1.165, 1.54) is 0 Å². The highest BCUT2D eigenvalue weighted by atomic mass is 16.5. The molecule has 1 aromatic carbocycles. The van der Waals surface area contributed by atoms with E-state index < -0.39 is 0 Å². The number of rotatable bonds is 3. The predicted octanol–water partition coefficient (Wildman–Crippen LogP) is 2.53. The maximum absolute atomic E-state index is 5.96. The van der Waals surface area contributed by atoms with Gasteiger partial charge in [0.25, 0.3) is 0 Å². The lowest BCUT2D eigenvalue weighted by molar-refractivity contribution is 0.0638. The molecule has 0 radical (unpaired) electrons. The molecule has 1 aromatic rings. The SMILES string of the molecule is COc1ccc(C2CNC(C)(C)CCO2)c(OC)c1. The molecule has 1 atom stereocenters. The summed E-state index contributed by atoms with van der Waals surface area (Å²) in [6.07, 6.45) is 1.02. The number of methoxy groups -OCH3 is 2. The van der Waals surface area contributed by atoms with Crippen molar-refractivity contribution >= 4 is 0 Å². The van der Waals surface area contributed by atoms with Crippen molar-refractivity contribution in [1.82, 2.24) is 5.32 Å². The topological polar surface area (TPSA) is 39.7 Å². The molecule has 1 saturated heterocycles. The molecule has 1 aliphatic heterocycles. The molecular formula is C15H23NO3. The molecule has 0 saturated carbocycles. The smallest absolute Gasteiger partial charge is 0.128 e. The van der Waals surface area contributed by atoms with Crippen molar-refractivity contribution < 1.29 is 14.2 Å². The van der Waals surface area contributed by atoms with Crippen LogP contribution in [0, 0.1) is 0 Å². The largest absolute Gasteiger partial charge is 0.497 e. The average Bonchev–Trinajstić information content (AvgIpc) is 2.59. The van der Waals surface area contributed by atoms with E-state index in [-0.39, 0.29) is 11.6 Å². The maximum Gasteiger partial charge on any atom is 0.128 e. The van der Waals surface area contributed by atoms with Crippen molar-refractivity contribution in [3.05, 3.63) is 23.8 Å². The third kappa shape index (κ3) is 3.39. The van der Waals surface area contributed by atoms with E-state index in [9.17, 15) is 0 Å². The normalized spacial score (nSPS) is 22.6. The van der Waals surface area contributed by atoms with Crippen LogP contribution >= 0.6 is 0 Å². The summed E-state index contributed by atoms with van der Waals surface area (Å²) < 4.78 is 16.6. The van der Waals surface area contributed by atoms with Gasteiger partial charge in [-0.2, -0.15) is 0 Å². The lowest BCUT2D eigenvalue weighted by Crippen LogP contribution is -2.39. The Kier molecular flexibility index (Phi) is 4.32. The fraction of sp³-hybridized carbons (Fsp3) is 0.600. The molecule has 2 rings (SSSR count). The van der Waals surface area contributed by atoms with Crippen LogP contribution in [0.25, 0.3) is 0 Å². The summed E-state index contributed by atoms with van der Waals surface area (Å²) >= 11 is 0. The molecule has 0 spiro atoms. The van der Waals surface area contributed by atoms with E-state index in [4.69, 9.17) is 14.2 Å². The Morgan fingerprint density at radius 2 is 2.05 bits per heavy atom.